The van der Waals surface area contributed by atoms with Crippen LogP contribution in [0, 0.1) is 27.7 Å². The summed E-state index contributed by atoms with van der Waals surface area (Å²) in [7, 11) is 1.65. The summed E-state index contributed by atoms with van der Waals surface area (Å²) in [5.41, 5.74) is 4.46. The number of hydrogen-bond acceptors (Lipinski definition) is 5. The molecule has 7 heteroatoms. The number of amides is 2. The first-order valence-corrected chi connectivity index (χ1v) is 11.1. The van der Waals surface area contributed by atoms with Crippen LogP contribution in [0.2, 0.25) is 0 Å². The van der Waals surface area contributed by atoms with Crippen LogP contribution < -0.4 is 5.32 Å². The Hall–Kier alpha value is -2.80. The molecule has 0 aliphatic carbocycles. The van der Waals surface area contributed by atoms with Crippen molar-refractivity contribution in [3.63, 3.8) is 0 Å². The minimum atomic E-state index is -0.227. The smallest absolute Gasteiger partial charge is 0.264 e. The monoisotopic (exact) mass is 438 g/mol. The van der Waals surface area contributed by atoms with Crippen molar-refractivity contribution in [2.75, 3.05) is 18.9 Å². The largest absolute Gasteiger partial charge is 0.332 e. The van der Waals surface area contributed by atoms with Gasteiger partial charge >= 0.3 is 0 Å². The lowest BCUT2D eigenvalue weighted by molar-refractivity contribution is -0.116. The van der Waals surface area contributed by atoms with Crippen LogP contribution in [0.15, 0.2) is 18.2 Å². The van der Waals surface area contributed by atoms with Crippen molar-refractivity contribution in [2.45, 2.75) is 53.9 Å². The standard InChI is InChI=1S/C24H30N4O2S/c1-13-10-9-11-17(14(13)2)26-18(29)12-28(8)22(30)20-15(3)19-16(4)25-23(24(5,6)7)27-21(19)31-20/h9-11H,12H2,1-8H3,(H,26,29). The number of benzene rings is 1. The zero-order valence-electron chi connectivity index (χ0n) is 19.5. The molecule has 0 bridgehead atoms. The Morgan fingerprint density at radius 2 is 1.74 bits per heavy atom. The van der Waals surface area contributed by atoms with Gasteiger partial charge in [-0.05, 0) is 50.5 Å². The van der Waals surface area contributed by atoms with Crippen LogP contribution in [0.5, 0.6) is 0 Å². The van der Waals surface area contributed by atoms with Gasteiger partial charge in [0.15, 0.2) is 0 Å². The summed E-state index contributed by atoms with van der Waals surface area (Å²) in [6.07, 6.45) is 0. The zero-order chi connectivity index (χ0) is 23.1. The van der Waals surface area contributed by atoms with E-state index in [1.807, 2.05) is 45.9 Å². The Labute approximate surface area is 187 Å². The number of rotatable bonds is 4. The molecule has 0 radical (unpaired) electrons. The van der Waals surface area contributed by atoms with Gasteiger partial charge in [-0.3, -0.25) is 9.59 Å². The average Bonchev–Trinajstić information content (AvgIpc) is 3.01. The van der Waals surface area contributed by atoms with Gasteiger partial charge in [0.1, 0.15) is 10.7 Å². The van der Waals surface area contributed by atoms with Gasteiger partial charge in [-0.15, -0.1) is 11.3 Å². The van der Waals surface area contributed by atoms with Crippen molar-refractivity contribution < 1.29 is 9.59 Å². The van der Waals surface area contributed by atoms with E-state index < -0.39 is 0 Å². The Kier molecular flexibility index (Phi) is 6.18. The van der Waals surface area contributed by atoms with Crippen LogP contribution in [0.4, 0.5) is 5.69 Å². The molecule has 0 aliphatic rings. The van der Waals surface area contributed by atoms with E-state index in [2.05, 4.69) is 31.1 Å². The summed E-state index contributed by atoms with van der Waals surface area (Å²) in [4.78, 5) is 38.0. The van der Waals surface area contributed by atoms with Crippen LogP contribution in [0.1, 0.15) is 58.7 Å². The fourth-order valence-electron chi connectivity index (χ4n) is 3.42. The summed E-state index contributed by atoms with van der Waals surface area (Å²) in [6, 6.07) is 5.77. The maximum absolute atomic E-state index is 13.1. The Morgan fingerprint density at radius 1 is 1.06 bits per heavy atom. The number of nitrogens with zero attached hydrogens (tertiary/aromatic N) is 3. The highest BCUT2D eigenvalue weighted by Gasteiger charge is 2.25. The maximum atomic E-state index is 13.1. The summed E-state index contributed by atoms with van der Waals surface area (Å²) in [5, 5.41) is 3.84. The first-order valence-electron chi connectivity index (χ1n) is 10.3. The third-order valence-electron chi connectivity index (χ3n) is 5.44. The molecule has 0 unspecified atom stereocenters. The van der Waals surface area contributed by atoms with E-state index in [4.69, 9.17) is 4.98 Å². The van der Waals surface area contributed by atoms with Crippen LogP contribution in [0.3, 0.4) is 0 Å². The molecule has 6 nitrogen and oxygen atoms in total. The van der Waals surface area contributed by atoms with Crippen LogP contribution >= 0.6 is 11.3 Å². The molecule has 0 spiro atoms. The second-order valence-corrected chi connectivity index (χ2v) is 10.1. The molecule has 0 saturated heterocycles. The van der Waals surface area contributed by atoms with Crippen molar-refractivity contribution in [3.05, 3.63) is 51.3 Å². The molecule has 164 valence electrons. The molecule has 2 amide bonds. The molecular formula is C24H30N4O2S. The number of thiophene rings is 1. The predicted octanol–water partition coefficient (Wildman–Crippen LogP) is 4.93. The van der Waals surface area contributed by atoms with Gasteiger partial charge in [0.2, 0.25) is 5.91 Å². The first kappa shape index (κ1) is 22.9. The molecule has 0 saturated carbocycles. The maximum Gasteiger partial charge on any atom is 0.264 e. The van der Waals surface area contributed by atoms with E-state index in [-0.39, 0.29) is 23.8 Å². The van der Waals surface area contributed by atoms with Gasteiger partial charge in [-0.2, -0.15) is 0 Å². The Morgan fingerprint density at radius 3 is 2.39 bits per heavy atom. The number of fused-ring (bicyclic) bond motifs is 1. The molecule has 31 heavy (non-hydrogen) atoms. The number of nitrogens with one attached hydrogen (secondary N) is 1. The van der Waals surface area contributed by atoms with E-state index in [0.717, 1.165) is 44.1 Å². The lowest BCUT2D eigenvalue weighted by atomic mass is 9.95. The summed E-state index contributed by atoms with van der Waals surface area (Å²) >= 11 is 1.37. The van der Waals surface area contributed by atoms with Crippen LogP contribution in [-0.2, 0) is 10.2 Å². The van der Waals surface area contributed by atoms with Crippen molar-refractivity contribution >= 4 is 39.1 Å². The average molecular weight is 439 g/mol. The van der Waals surface area contributed by atoms with E-state index in [9.17, 15) is 9.59 Å². The number of hydrogen-bond donors (Lipinski definition) is 1. The third kappa shape index (κ3) is 4.61. The summed E-state index contributed by atoms with van der Waals surface area (Å²) in [5.74, 6) is 0.349. The number of carbonyl (C=O) groups is 2. The van der Waals surface area contributed by atoms with Gasteiger partial charge in [0, 0.05) is 23.5 Å². The fourth-order valence-corrected chi connectivity index (χ4v) is 4.64. The topological polar surface area (TPSA) is 75.2 Å². The molecule has 0 fully saturated rings. The molecule has 3 rings (SSSR count). The Bertz CT molecular complexity index is 1170. The number of carbonyl (C=O) groups excluding carboxylic acids is 2. The van der Waals surface area contributed by atoms with Gasteiger partial charge in [0.25, 0.3) is 5.91 Å². The lowest BCUT2D eigenvalue weighted by Crippen LogP contribution is -2.35. The molecule has 1 N–H and O–H groups in total. The zero-order valence-corrected chi connectivity index (χ0v) is 20.3. The molecular weight excluding hydrogens is 408 g/mol. The van der Waals surface area contributed by atoms with Gasteiger partial charge in [-0.25, -0.2) is 9.97 Å². The van der Waals surface area contributed by atoms with E-state index in [0.29, 0.717) is 4.88 Å². The van der Waals surface area contributed by atoms with Crippen LogP contribution in [0.25, 0.3) is 10.2 Å². The normalized spacial score (nSPS) is 11.6. The predicted molar refractivity (Wildman–Crippen MR) is 127 cm³/mol. The highest BCUT2D eigenvalue weighted by molar-refractivity contribution is 7.20. The van der Waals surface area contributed by atoms with Gasteiger partial charge in [-0.1, -0.05) is 32.9 Å². The number of aromatic nitrogens is 2. The SMILES string of the molecule is Cc1cccc(NC(=O)CN(C)C(=O)c2sc3nc(C(C)(C)C)nc(C)c3c2C)c1C. The molecule has 2 heterocycles. The molecule has 2 aromatic heterocycles. The third-order valence-corrected chi connectivity index (χ3v) is 6.62. The molecule has 1 aromatic carbocycles. The summed E-state index contributed by atoms with van der Waals surface area (Å²) < 4.78 is 0. The highest BCUT2D eigenvalue weighted by Crippen LogP contribution is 2.33. The number of aryl methyl sites for hydroxylation is 3. The fraction of sp³-hybridized carbons (Fsp3) is 0.417. The van der Waals surface area contributed by atoms with E-state index >= 15 is 0 Å². The first-order chi connectivity index (χ1) is 14.4. The minimum Gasteiger partial charge on any atom is -0.332 e. The van der Waals surface area contributed by atoms with Gasteiger partial charge < -0.3 is 10.2 Å². The van der Waals surface area contributed by atoms with Crippen molar-refractivity contribution in [3.8, 4) is 0 Å². The number of likely N-dealkylation sites (N-methyl/N-ethyl adjacent to an activating group) is 1. The van der Waals surface area contributed by atoms with E-state index in [1.165, 1.54) is 16.2 Å². The second-order valence-electron chi connectivity index (χ2n) is 9.08. The van der Waals surface area contributed by atoms with Crippen molar-refractivity contribution in [1.82, 2.24) is 14.9 Å². The highest BCUT2D eigenvalue weighted by atomic mass is 32.1. The summed E-state index contributed by atoms with van der Waals surface area (Å²) in [6.45, 7) is 14.0. The van der Waals surface area contributed by atoms with E-state index in [1.54, 1.807) is 7.05 Å². The quantitative estimate of drug-likeness (QED) is 0.626. The second kappa shape index (κ2) is 8.38. The van der Waals surface area contributed by atoms with Crippen molar-refractivity contribution in [2.24, 2.45) is 0 Å². The number of anilines is 1. The molecule has 0 atom stereocenters. The van der Waals surface area contributed by atoms with Crippen LogP contribution in [-0.4, -0.2) is 40.3 Å². The molecule has 3 aromatic rings. The lowest BCUT2D eigenvalue weighted by Gasteiger charge is -2.17. The Balaban J connectivity index is 1.83. The van der Waals surface area contributed by atoms with Gasteiger partial charge in [0.05, 0.1) is 17.1 Å². The molecule has 0 aliphatic heterocycles. The van der Waals surface area contributed by atoms with Crippen molar-refractivity contribution in [1.29, 1.82) is 0 Å². The minimum absolute atomic E-state index is 0.0300.